The minimum atomic E-state index is -0.900. The van der Waals surface area contributed by atoms with Crippen molar-refractivity contribution in [1.29, 1.82) is 0 Å². The van der Waals surface area contributed by atoms with Gasteiger partial charge in [0.15, 0.2) is 0 Å². The van der Waals surface area contributed by atoms with Crippen LogP contribution in [0.25, 0.3) is 0 Å². The molecule has 0 saturated heterocycles. The molecule has 0 aliphatic carbocycles. The van der Waals surface area contributed by atoms with Gasteiger partial charge in [-0.05, 0) is 26.7 Å². The Balaban J connectivity index is -0.000000451. The molecule has 2 unspecified atom stereocenters. The molecule has 0 amide bonds. The van der Waals surface area contributed by atoms with E-state index in [1.165, 1.54) is 14.2 Å². The van der Waals surface area contributed by atoms with Crippen LogP contribution in [-0.2, 0) is 57.6 Å². The van der Waals surface area contributed by atoms with Gasteiger partial charge < -0.3 is 29.2 Å². The first kappa shape index (κ1) is 32.1. The Morgan fingerprint density at radius 3 is 1.24 bits per heavy atom. The van der Waals surface area contributed by atoms with Crippen LogP contribution in [0.15, 0.2) is 0 Å². The van der Waals surface area contributed by atoms with Gasteiger partial charge in [0.1, 0.15) is 12.2 Å². The molecule has 166 valence electrons. The SMILES string of the molecule is COCC(C)OC(=O)CCCC(=O)O.COCC(C)OC(=O)CCCC(=O)O.[Zn]. The fourth-order valence-electron chi connectivity index (χ4n) is 1.87. The van der Waals surface area contributed by atoms with E-state index in [1.807, 2.05) is 0 Å². The number of carboxylic acid groups (broad SMARTS) is 2. The molecule has 0 aliphatic rings. The quantitative estimate of drug-likeness (QED) is 0.282. The molecule has 0 radical (unpaired) electrons. The first-order valence-corrected chi connectivity index (χ1v) is 8.92. The van der Waals surface area contributed by atoms with Crippen LogP contribution in [0.1, 0.15) is 52.4 Å². The van der Waals surface area contributed by atoms with E-state index in [9.17, 15) is 19.2 Å². The van der Waals surface area contributed by atoms with Crippen molar-refractivity contribution >= 4 is 23.9 Å². The molecule has 29 heavy (non-hydrogen) atoms. The summed E-state index contributed by atoms with van der Waals surface area (Å²) in [5.74, 6) is -2.56. The predicted octanol–water partition coefficient (Wildman–Crippen LogP) is 1.64. The number of hydrogen-bond acceptors (Lipinski definition) is 8. The van der Waals surface area contributed by atoms with Gasteiger partial charge in [-0.1, -0.05) is 0 Å². The van der Waals surface area contributed by atoms with E-state index in [0.717, 1.165) is 0 Å². The number of esters is 2. The zero-order chi connectivity index (χ0) is 21.9. The van der Waals surface area contributed by atoms with Crippen LogP contribution < -0.4 is 0 Å². The van der Waals surface area contributed by atoms with E-state index < -0.39 is 11.9 Å². The van der Waals surface area contributed by atoms with Gasteiger partial charge in [0, 0.05) is 59.4 Å². The van der Waals surface area contributed by atoms with Gasteiger partial charge in [0.25, 0.3) is 0 Å². The van der Waals surface area contributed by atoms with Gasteiger partial charge in [-0.25, -0.2) is 0 Å². The summed E-state index contributed by atoms with van der Waals surface area (Å²) in [6.45, 7) is 4.15. The third-order valence-corrected chi connectivity index (χ3v) is 3.01. The molecule has 0 aliphatic heterocycles. The van der Waals surface area contributed by atoms with Crippen molar-refractivity contribution in [3.63, 3.8) is 0 Å². The molecule has 0 saturated carbocycles. The Hall–Kier alpha value is -1.58. The van der Waals surface area contributed by atoms with Crippen LogP contribution in [0.5, 0.6) is 0 Å². The second kappa shape index (κ2) is 21.1. The summed E-state index contributed by atoms with van der Waals surface area (Å²) < 4.78 is 19.4. The Morgan fingerprint density at radius 2 is 1.00 bits per heavy atom. The number of rotatable bonds is 14. The van der Waals surface area contributed by atoms with Gasteiger partial charge >= 0.3 is 23.9 Å². The Bertz CT molecular complexity index is 428. The normalized spacial score (nSPS) is 11.7. The maximum absolute atomic E-state index is 11.0. The summed E-state index contributed by atoms with van der Waals surface area (Å²) in [4.78, 5) is 42.3. The van der Waals surface area contributed by atoms with Crippen LogP contribution in [-0.4, -0.2) is 73.7 Å². The first-order valence-electron chi connectivity index (χ1n) is 8.92. The van der Waals surface area contributed by atoms with Crippen molar-refractivity contribution < 1.29 is 67.8 Å². The molecule has 0 heterocycles. The van der Waals surface area contributed by atoms with Crippen molar-refractivity contribution in [1.82, 2.24) is 0 Å². The van der Waals surface area contributed by atoms with Crippen molar-refractivity contribution in [3.8, 4) is 0 Å². The van der Waals surface area contributed by atoms with Crippen LogP contribution in [0, 0.1) is 0 Å². The predicted molar refractivity (Wildman–Crippen MR) is 97.8 cm³/mol. The van der Waals surface area contributed by atoms with E-state index in [2.05, 4.69) is 0 Å². The summed E-state index contributed by atoms with van der Waals surface area (Å²) >= 11 is 0. The van der Waals surface area contributed by atoms with Crippen molar-refractivity contribution in [2.75, 3.05) is 27.4 Å². The van der Waals surface area contributed by atoms with Crippen molar-refractivity contribution in [3.05, 3.63) is 0 Å². The monoisotopic (exact) mass is 472 g/mol. The summed E-state index contributed by atoms with van der Waals surface area (Å²) in [5.41, 5.74) is 0. The van der Waals surface area contributed by atoms with Crippen molar-refractivity contribution in [2.45, 2.75) is 64.6 Å². The zero-order valence-electron chi connectivity index (χ0n) is 17.7. The summed E-state index contributed by atoms with van der Waals surface area (Å²) in [7, 11) is 3.05. The molecular weight excluding hydrogens is 442 g/mol. The Kier molecular flexibility index (Phi) is 23.4. The number of hydrogen-bond donors (Lipinski definition) is 2. The van der Waals surface area contributed by atoms with E-state index in [1.54, 1.807) is 13.8 Å². The smallest absolute Gasteiger partial charge is 0.306 e. The van der Waals surface area contributed by atoms with E-state index in [-0.39, 0.29) is 69.3 Å². The number of ether oxygens (including phenoxy) is 4. The van der Waals surface area contributed by atoms with Crippen LogP contribution in [0.4, 0.5) is 0 Å². The van der Waals surface area contributed by atoms with Crippen LogP contribution >= 0.6 is 0 Å². The van der Waals surface area contributed by atoms with Crippen LogP contribution in [0.2, 0.25) is 0 Å². The first-order chi connectivity index (χ1) is 13.1. The number of carbonyl (C=O) groups is 4. The maximum Gasteiger partial charge on any atom is 0.306 e. The molecule has 0 aromatic rings. The van der Waals surface area contributed by atoms with Gasteiger partial charge in [-0.15, -0.1) is 0 Å². The molecule has 0 spiro atoms. The van der Waals surface area contributed by atoms with E-state index in [0.29, 0.717) is 26.1 Å². The molecule has 2 N–H and O–H groups in total. The summed E-state index contributed by atoms with van der Waals surface area (Å²) in [6, 6.07) is 0. The number of aliphatic carboxylic acids is 2. The van der Waals surface area contributed by atoms with Crippen molar-refractivity contribution in [2.24, 2.45) is 0 Å². The minimum absolute atomic E-state index is 0. The molecule has 10 nitrogen and oxygen atoms in total. The fourth-order valence-corrected chi connectivity index (χ4v) is 1.87. The van der Waals surface area contributed by atoms with Crippen LogP contribution in [0.3, 0.4) is 0 Å². The molecule has 0 bridgehead atoms. The maximum atomic E-state index is 11.0. The fraction of sp³-hybridized carbons (Fsp3) is 0.778. The third kappa shape index (κ3) is 26.4. The third-order valence-electron chi connectivity index (χ3n) is 3.01. The molecule has 0 aromatic carbocycles. The number of carbonyl (C=O) groups excluding carboxylic acids is 2. The van der Waals surface area contributed by atoms with Gasteiger partial charge in [0.2, 0.25) is 0 Å². The van der Waals surface area contributed by atoms with E-state index >= 15 is 0 Å². The summed E-state index contributed by atoms with van der Waals surface area (Å²) in [5, 5.41) is 16.6. The molecule has 0 fully saturated rings. The topological polar surface area (TPSA) is 146 Å². The molecule has 11 heteroatoms. The zero-order valence-corrected chi connectivity index (χ0v) is 20.6. The average molecular weight is 474 g/mol. The largest absolute Gasteiger partial charge is 0.481 e. The second-order valence-corrected chi connectivity index (χ2v) is 6.01. The second-order valence-electron chi connectivity index (χ2n) is 6.01. The standard InChI is InChI=1S/2C9H16O5.Zn/c2*1-7(6-13-2)14-9(12)5-3-4-8(10)11;/h2*7H,3-6H2,1-2H3,(H,10,11);. The van der Waals surface area contributed by atoms with Gasteiger partial charge in [-0.2, -0.15) is 0 Å². The molecule has 0 rings (SSSR count). The summed E-state index contributed by atoms with van der Waals surface area (Å²) in [6.07, 6.45) is 0.332. The number of carboxylic acids is 2. The Labute approximate surface area is 184 Å². The number of methoxy groups -OCH3 is 2. The van der Waals surface area contributed by atoms with E-state index in [4.69, 9.17) is 29.2 Å². The minimum Gasteiger partial charge on any atom is -0.481 e. The van der Waals surface area contributed by atoms with Gasteiger partial charge in [-0.3, -0.25) is 19.2 Å². The molecule has 0 aromatic heterocycles. The molecular formula is C18H32O10Zn. The van der Waals surface area contributed by atoms with Gasteiger partial charge in [0.05, 0.1) is 13.2 Å². The Morgan fingerprint density at radius 1 is 0.690 bits per heavy atom. The average Bonchev–Trinajstić information content (AvgIpc) is 2.54. The molecule has 2 atom stereocenters.